The van der Waals surface area contributed by atoms with Crippen LogP contribution in [0.2, 0.25) is 12.1 Å². The van der Waals surface area contributed by atoms with E-state index in [1.165, 1.54) is 0 Å². The summed E-state index contributed by atoms with van der Waals surface area (Å²) in [5.41, 5.74) is -0.544. The van der Waals surface area contributed by atoms with Crippen LogP contribution in [0.25, 0.3) is 0 Å². The minimum Gasteiger partial charge on any atom is -0.270 e. The number of hydrogen-bond donors (Lipinski definition) is 0. The Morgan fingerprint density at radius 1 is 1.22 bits per heavy atom. The fraction of sp³-hybridized carbons (Fsp3) is 0.333. The van der Waals surface area contributed by atoms with Crippen molar-refractivity contribution in [2.45, 2.75) is 12.1 Å². The molecule has 0 fully saturated rings. The zero-order chi connectivity index (χ0) is 6.91. The van der Waals surface area contributed by atoms with Crippen LogP contribution in [-0.2, 0) is 0 Å². The third kappa shape index (κ3) is 1.48. The first-order valence-corrected chi connectivity index (χ1v) is 5.17. The fourth-order valence-electron chi connectivity index (χ4n) is 0.770. The molecule has 1 aliphatic rings. The van der Waals surface area contributed by atoms with E-state index in [1.54, 1.807) is 24.3 Å². The maximum absolute atomic E-state index is 12.5. The van der Waals surface area contributed by atoms with Gasteiger partial charge in [0.2, 0.25) is 0 Å². The summed E-state index contributed by atoms with van der Waals surface area (Å²) in [6.07, 6.45) is 6.47. The molecule has 3 heteroatoms. The van der Waals surface area contributed by atoms with Crippen LogP contribution in [0.1, 0.15) is 0 Å². The van der Waals surface area contributed by atoms with Gasteiger partial charge in [-0.2, -0.15) is 0 Å². The second kappa shape index (κ2) is 2.06. The second-order valence-electron chi connectivity index (χ2n) is 2.25. The van der Waals surface area contributed by atoms with Gasteiger partial charge in [0.15, 0.2) is 0 Å². The highest BCUT2D eigenvalue weighted by atomic mass is 28.4. The number of hydrogen-bond acceptors (Lipinski definition) is 0. The highest BCUT2D eigenvalue weighted by molar-refractivity contribution is 6.67. The monoisotopic (exact) mass is 146 g/mol. The first-order chi connectivity index (χ1) is 4.11. The van der Waals surface area contributed by atoms with E-state index in [9.17, 15) is 8.22 Å². The van der Waals surface area contributed by atoms with Gasteiger partial charge in [-0.3, -0.25) is 8.22 Å². The SMILES string of the molecule is C[Si](F)(F)C1C=CC=C1. The van der Waals surface area contributed by atoms with E-state index in [0.717, 1.165) is 6.55 Å². The standard InChI is InChI=1S/C6H8F2Si/c1-9(7,8)6-4-2-3-5-6/h2-6H,1H3. The molecule has 0 aromatic carbocycles. The van der Waals surface area contributed by atoms with Crippen molar-refractivity contribution in [1.82, 2.24) is 0 Å². The van der Waals surface area contributed by atoms with Crippen molar-refractivity contribution in [3.63, 3.8) is 0 Å². The molecular formula is C6H8F2Si. The number of rotatable bonds is 1. The summed E-state index contributed by atoms with van der Waals surface area (Å²) >= 11 is 0. The Hall–Kier alpha value is -0.443. The van der Waals surface area contributed by atoms with Crippen molar-refractivity contribution in [2.24, 2.45) is 0 Å². The molecule has 1 rings (SSSR count). The summed E-state index contributed by atoms with van der Waals surface area (Å²) in [6.45, 7) is 1.07. The first-order valence-electron chi connectivity index (χ1n) is 2.83. The van der Waals surface area contributed by atoms with Gasteiger partial charge >= 0.3 is 8.74 Å². The van der Waals surface area contributed by atoms with Crippen molar-refractivity contribution in [3.8, 4) is 0 Å². The molecule has 1 aliphatic carbocycles. The van der Waals surface area contributed by atoms with Gasteiger partial charge in [-0.15, -0.1) is 0 Å². The average Bonchev–Trinajstić information content (AvgIpc) is 2.08. The van der Waals surface area contributed by atoms with Crippen molar-refractivity contribution in [3.05, 3.63) is 24.3 Å². The molecule has 0 heterocycles. The molecule has 0 saturated carbocycles. The Morgan fingerprint density at radius 3 is 1.89 bits per heavy atom. The number of allylic oxidation sites excluding steroid dienone is 4. The molecular weight excluding hydrogens is 138 g/mol. The minimum absolute atomic E-state index is 0.544. The Labute approximate surface area is 54.2 Å². The summed E-state index contributed by atoms with van der Waals surface area (Å²) in [5.74, 6) is 0. The normalized spacial score (nSPS) is 19.4. The summed E-state index contributed by atoms with van der Waals surface area (Å²) in [4.78, 5) is 0. The van der Waals surface area contributed by atoms with Gasteiger partial charge in [0.05, 0.1) is 0 Å². The zero-order valence-electron chi connectivity index (χ0n) is 5.14. The van der Waals surface area contributed by atoms with Gasteiger partial charge in [0.1, 0.15) is 0 Å². The molecule has 0 aromatic rings. The van der Waals surface area contributed by atoms with E-state index in [2.05, 4.69) is 0 Å². The zero-order valence-corrected chi connectivity index (χ0v) is 6.14. The lowest BCUT2D eigenvalue weighted by molar-refractivity contribution is 0.603. The third-order valence-corrected chi connectivity index (χ3v) is 2.89. The van der Waals surface area contributed by atoms with Gasteiger partial charge in [0, 0.05) is 5.54 Å². The van der Waals surface area contributed by atoms with E-state index in [-0.39, 0.29) is 0 Å². The van der Waals surface area contributed by atoms with Gasteiger partial charge in [-0.05, 0) is 6.55 Å². The van der Waals surface area contributed by atoms with Crippen molar-refractivity contribution in [1.29, 1.82) is 0 Å². The van der Waals surface area contributed by atoms with Gasteiger partial charge in [-0.25, -0.2) is 0 Å². The highest BCUT2D eigenvalue weighted by Crippen LogP contribution is 2.29. The van der Waals surface area contributed by atoms with Crippen LogP contribution in [0.3, 0.4) is 0 Å². The van der Waals surface area contributed by atoms with Crippen LogP contribution in [0.15, 0.2) is 24.3 Å². The van der Waals surface area contributed by atoms with Crippen molar-refractivity contribution < 1.29 is 8.22 Å². The van der Waals surface area contributed by atoms with Crippen LogP contribution < -0.4 is 0 Å². The predicted octanol–water partition coefficient (Wildman–Crippen LogP) is 2.49. The molecule has 0 radical (unpaired) electrons. The van der Waals surface area contributed by atoms with Gasteiger partial charge < -0.3 is 0 Å². The number of halogens is 2. The van der Waals surface area contributed by atoms with Gasteiger partial charge in [-0.1, -0.05) is 24.3 Å². The smallest absolute Gasteiger partial charge is 0.270 e. The van der Waals surface area contributed by atoms with Crippen LogP contribution >= 0.6 is 0 Å². The summed E-state index contributed by atoms with van der Waals surface area (Å²) in [7, 11) is -3.90. The maximum atomic E-state index is 12.5. The largest absolute Gasteiger partial charge is 0.432 e. The lowest BCUT2D eigenvalue weighted by Crippen LogP contribution is -2.21. The molecule has 0 spiro atoms. The molecule has 9 heavy (non-hydrogen) atoms. The molecule has 0 nitrogen and oxygen atoms in total. The van der Waals surface area contributed by atoms with E-state index >= 15 is 0 Å². The molecule has 0 atom stereocenters. The molecule has 0 N–H and O–H groups in total. The topological polar surface area (TPSA) is 0 Å². The Bertz CT molecular complexity index is 143. The first kappa shape index (κ1) is 6.67. The quantitative estimate of drug-likeness (QED) is 0.394. The summed E-state index contributed by atoms with van der Waals surface area (Å²) < 4.78 is 24.9. The molecule has 0 amide bonds. The lowest BCUT2D eigenvalue weighted by atomic mass is 10.5. The van der Waals surface area contributed by atoms with E-state index in [4.69, 9.17) is 0 Å². The van der Waals surface area contributed by atoms with E-state index in [1.807, 2.05) is 0 Å². The van der Waals surface area contributed by atoms with Gasteiger partial charge in [0.25, 0.3) is 0 Å². The molecule has 50 valence electrons. The molecule has 0 aromatic heterocycles. The van der Waals surface area contributed by atoms with E-state index in [0.29, 0.717) is 0 Å². The Morgan fingerprint density at radius 2 is 1.67 bits per heavy atom. The van der Waals surface area contributed by atoms with Crippen LogP contribution in [0.4, 0.5) is 8.22 Å². The van der Waals surface area contributed by atoms with Crippen LogP contribution in [0, 0.1) is 0 Å². The third-order valence-electron chi connectivity index (χ3n) is 1.33. The second-order valence-corrected chi connectivity index (χ2v) is 4.83. The minimum atomic E-state index is -3.90. The molecule has 0 bridgehead atoms. The van der Waals surface area contributed by atoms with Crippen LogP contribution in [-0.4, -0.2) is 8.74 Å². The van der Waals surface area contributed by atoms with E-state index < -0.39 is 14.3 Å². The maximum Gasteiger partial charge on any atom is 0.432 e. The Balaban J connectivity index is 2.64. The molecule has 0 unspecified atom stereocenters. The molecule has 0 saturated heterocycles. The predicted molar refractivity (Wildman–Crippen MR) is 35.9 cm³/mol. The summed E-state index contributed by atoms with van der Waals surface area (Å²) in [5, 5.41) is 0. The Kier molecular flexibility index (Phi) is 1.53. The van der Waals surface area contributed by atoms with Crippen molar-refractivity contribution in [2.75, 3.05) is 0 Å². The van der Waals surface area contributed by atoms with Crippen LogP contribution in [0.5, 0.6) is 0 Å². The lowest BCUT2D eigenvalue weighted by Gasteiger charge is -2.09. The molecule has 0 aliphatic heterocycles. The summed E-state index contributed by atoms with van der Waals surface area (Å²) in [6, 6.07) is 0. The van der Waals surface area contributed by atoms with Crippen molar-refractivity contribution >= 4 is 8.74 Å². The fourth-order valence-corrected chi connectivity index (χ4v) is 1.67. The average molecular weight is 146 g/mol. The highest BCUT2D eigenvalue weighted by Gasteiger charge is 2.36.